The van der Waals surface area contributed by atoms with Crippen molar-refractivity contribution < 1.29 is 14.0 Å². The Labute approximate surface area is 184 Å². The van der Waals surface area contributed by atoms with Crippen molar-refractivity contribution in [3.05, 3.63) is 88.9 Å². The molecule has 1 aliphatic carbocycles. The van der Waals surface area contributed by atoms with Crippen molar-refractivity contribution >= 4 is 23.3 Å². The van der Waals surface area contributed by atoms with Gasteiger partial charge in [0.25, 0.3) is 5.91 Å². The first-order valence-electron chi connectivity index (χ1n) is 10.3. The van der Waals surface area contributed by atoms with E-state index in [1.807, 2.05) is 12.1 Å². The lowest BCUT2D eigenvalue weighted by Gasteiger charge is -2.23. The zero-order chi connectivity index (χ0) is 22.8. The number of hydrogen-bond donors (Lipinski definition) is 3. The normalized spacial score (nSPS) is 15.1. The van der Waals surface area contributed by atoms with Crippen LogP contribution in [-0.4, -0.2) is 21.6 Å². The van der Waals surface area contributed by atoms with E-state index in [1.165, 1.54) is 27.9 Å². The number of fused-ring (bicyclic) bond motifs is 1. The Hall–Kier alpha value is -3.94. The zero-order valence-corrected chi connectivity index (χ0v) is 17.5. The van der Waals surface area contributed by atoms with E-state index in [-0.39, 0.29) is 35.1 Å². The number of primary amides is 1. The number of anilines is 2. The summed E-state index contributed by atoms with van der Waals surface area (Å²) < 4.78 is 16.0. The van der Waals surface area contributed by atoms with Crippen LogP contribution in [0.25, 0.3) is 0 Å². The highest BCUT2D eigenvalue weighted by molar-refractivity contribution is 6.00. The molecule has 3 aromatic rings. The zero-order valence-electron chi connectivity index (χ0n) is 17.5. The summed E-state index contributed by atoms with van der Waals surface area (Å²) in [7, 11) is 0. The van der Waals surface area contributed by atoms with Gasteiger partial charge in [0.1, 0.15) is 17.2 Å². The molecular weight excluding hydrogens is 409 g/mol. The van der Waals surface area contributed by atoms with E-state index in [4.69, 9.17) is 11.5 Å². The van der Waals surface area contributed by atoms with Gasteiger partial charge < -0.3 is 16.8 Å². The van der Waals surface area contributed by atoms with Gasteiger partial charge in [-0.2, -0.15) is 5.10 Å². The molecule has 1 atom stereocenters. The fourth-order valence-electron chi connectivity index (χ4n) is 4.25. The number of carbonyl (C=O) groups excluding carboxylic acids is 2. The Morgan fingerprint density at radius 2 is 1.97 bits per heavy atom. The van der Waals surface area contributed by atoms with Crippen molar-refractivity contribution in [2.24, 2.45) is 5.73 Å². The molecule has 1 unspecified atom stereocenters. The summed E-state index contributed by atoms with van der Waals surface area (Å²) in [5.74, 6) is -1.62. The van der Waals surface area contributed by atoms with E-state index in [2.05, 4.69) is 29.1 Å². The van der Waals surface area contributed by atoms with Crippen LogP contribution in [0.5, 0.6) is 0 Å². The van der Waals surface area contributed by atoms with Crippen molar-refractivity contribution in [3.8, 4) is 0 Å². The summed E-state index contributed by atoms with van der Waals surface area (Å²) in [5.41, 5.74) is 15.6. The van der Waals surface area contributed by atoms with Crippen molar-refractivity contribution in [1.82, 2.24) is 9.78 Å². The van der Waals surface area contributed by atoms with Gasteiger partial charge in [-0.05, 0) is 48.6 Å². The lowest BCUT2D eigenvalue weighted by molar-refractivity contribution is -0.111. The standard InChI is InChI=1S/C24H24FN5O2/c1-2-20(31)28-19-9-5-8-18(25)17(19)13-30-23(26)21(24(27)32)22(29-30)16-11-10-14-6-3-4-7-15(14)12-16/h2-9,16H,1,10-13,26H2,(H2,27,32)(H,28,31). The first-order valence-corrected chi connectivity index (χ1v) is 10.3. The number of nitrogen functional groups attached to an aromatic ring is 1. The second-order valence-electron chi connectivity index (χ2n) is 7.84. The summed E-state index contributed by atoms with van der Waals surface area (Å²) in [6.45, 7) is 3.34. The summed E-state index contributed by atoms with van der Waals surface area (Å²) in [6, 6.07) is 12.5. The van der Waals surface area contributed by atoms with Gasteiger partial charge in [0.15, 0.2) is 0 Å². The summed E-state index contributed by atoms with van der Waals surface area (Å²) >= 11 is 0. The fourth-order valence-corrected chi connectivity index (χ4v) is 4.25. The molecule has 2 aromatic carbocycles. The van der Waals surface area contributed by atoms with Crippen LogP contribution in [0.2, 0.25) is 0 Å². The van der Waals surface area contributed by atoms with Crippen molar-refractivity contribution in [2.45, 2.75) is 31.7 Å². The third kappa shape index (κ3) is 3.99. The number of halogens is 1. The molecule has 5 N–H and O–H groups in total. The van der Waals surface area contributed by atoms with Gasteiger partial charge in [0.05, 0.1) is 12.2 Å². The van der Waals surface area contributed by atoms with E-state index >= 15 is 0 Å². The van der Waals surface area contributed by atoms with Gasteiger partial charge in [0, 0.05) is 17.2 Å². The minimum atomic E-state index is -0.670. The largest absolute Gasteiger partial charge is 0.383 e. The molecule has 0 aliphatic heterocycles. The molecule has 1 aromatic heterocycles. The van der Waals surface area contributed by atoms with Crippen LogP contribution < -0.4 is 16.8 Å². The highest BCUT2D eigenvalue weighted by Gasteiger charge is 2.29. The molecule has 0 spiro atoms. The molecule has 1 heterocycles. The molecule has 32 heavy (non-hydrogen) atoms. The van der Waals surface area contributed by atoms with E-state index in [0.29, 0.717) is 12.1 Å². The number of nitrogens with two attached hydrogens (primary N) is 2. The van der Waals surface area contributed by atoms with E-state index in [0.717, 1.165) is 18.9 Å². The molecule has 8 heteroatoms. The number of nitrogens with one attached hydrogen (secondary N) is 1. The maximum absolute atomic E-state index is 14.7. The lowest BCUT2D eigenvalue weighted by atomic mass is 9.81. The fraction of sp³-hybridized carbons (Fsp3) is 0.208. The SMILES string of the molecule is C=CC(=O)Nc1cccc(F)c1Cn1nc(C2CCc3ccccc3C2)c(C(N)=O)c1N. The third-order valence-electron chi connectivity index (χ3n) is 5.87. The van der Waals surface area contributed by atoms with Crippen molar-refractivity contribution in [3.63, 3.8) is 0 Å². The van der Waals surface area contributed by atoms with Crippen LogP contribution in [0.1, 0.15) is 45.1 Å². The van der Waals surface area contributed by atoms with Crippen LogP contribution in [0.15, 0.2) is 55.1 Å². The number of nitrogens with zero attached hydrogens (tertiary/aromatic N) is 2. The highest BCUT2D eigenvalue weighted by atomic mass is 19.1. The number of rotatable bonds is 6. The van der Waals surface area contributed by atoms with E-state index in [1.54, 1.807) is 6.07 Å². The smallest absolute Gasteiger partial charge is 0.254 e. The molecule has 0 saturated carbocycles. The van der Waals surface area contributed by atoms with Crippen LogP contribution >= 0.6 is 0 Å². The maximum atomic E-state index is 14.7. The van der Waals surface area contributed by atoms with Crippen LogP contribution in [0.3, 0.4) is 0 Å². The van der Waals surface area contributed by atoms with Gasteiger partial charge in [0.2, 0.25) is 5.91 Å². The molecule has 0 bridgehead atoms. The first kappa shape index (κ1) is 21.3. The van der Waals surface area contributed by atoms with Gasteiger partial charge in [-0.1, -0.05) is 36.9 Å². The predicted molar refractivity (Wildman–Crippen MR) is 121 cm³/mol. The molecule has 7 nitrogen and oxygen atoms in total. The van der Waals surface area contributed by atoms with E-state index in [9.17, 15) is 14.0 Å². The van der Waals surface area contributed by atoms with Crippen LogP contribution in [-0.2, 0) is 24.2 Å². The number of carbonyl (C=O) groups is 2. The van der Waals surface area contributed by atoms with Gasteiger partial charge in [-0.25, -0.2) is 9.07 Å². The molecule has 0 saturated heterocycles. The number of hydrogen-bond acceptors (Lipinski definition) is 4. The molecule has 0 fully saturated rings. The average molecular weight is 433 g/mol. The van der Waals surface area contributed by atoms with Gasteiger partial charge >= 0.3 is 0 Å². The Kier molecular flexibility index (Phi) is 5.77. The van der Waals surface area contributed by atoms with Gasteiger partial charge in [-0.15, -0.1) is 0 Å². The number of amides is 2. The lowest BCUT2D eigenvalue weighted by Crippen LogP contribution is -2.19. The molecular formula is C24H24FN5O2. The minimum absolute atomic E-state index is 0.0310. The Bertz CT molecular complexity index is 1220. The molecule has 164 valence electrons. The molecule has 1 aliphatic rings. The first-order chi connectivity index (χ1) is 15.4. The Morgan fingerprint density at radius 3 is 2.69 bits per heavy atom. The van der Waals surface area contributed by atoms with Crippen LogP contribution in [0.4, 0.5) is 15.9 Å². The maximum Gasteiger partial charge on any atom is 0.254 e. The van der Waals surface area contributed by atoms with Gasteiger partial charge in [-0.3, -0.25) is 9.59 Å². The minimum Gasteiger partial charge on any atom is -0.383 e. The second-order valence-corrected chi connectivity index (χ2v) is 7.84. The predicted octanol–water partition coefficient (Wildman–Crippen LogP) is 3.15. The topological polar surface area (TPSA) is 116 Å². The average Bonchev–Trinajstić information content (AvgIpc) is 3.11. The second kappa shape index (κ2) is 8.66. The van der Waals surface area contributed by atoms with Crippen molar-refractivity contribution in [2.75, 3.05) is 11.1 Å². The molecule has 0 radical (unpaired) electrons. The number of aromatic nitrogens is 2. The quantitative estimate of drug-likeness (QED) is 0.518. The Morgan fingerprint density at radius 1 is 1.22 bits per heavy atom. The third-order valence-corrected chi connectivity index (χ3v) is 5.87. The molecule has 4 rings (SSSR count). The number of benzene rings is 2. The molecule has 2 amide bonds. The summed E-state index contributed by atoms with van der Waals surface area (Å²) in [6.07, 6.45) is 3.47. The Balaban J connectivity index is 1.71. The monoisotopic (exact) mass is 433 g/mol. The van der Waals surface area contributed by atoms with Crippen molar-refractivity contribution in [1.29, 1.82) is 0 Å². The van der Waals surface area contributed by atoms with Crippen LogP contribution in [0, 0.1) is 5.82 Å². The highest BCUT2D eigenvalue weighted by Crippen LogP contribution is 2.35. The number of aryl methyl sites for hydroxylation is 1. The van der Waals surface area contributed by atoms with E-state index < -0.39 is 17.6 Å². The summed E-state index contributed by atoms with van der Waals surface area (Å²) in [4.78, 5) is 24.0. The summed E-state index contributed by atoms with van der Waals surface area (Å²) in [5, 5.41) is 7.18.